The number of hydrogen-bond acceptors (Lipinski definition) is 2. The number of likely N-dealkylation sites (tertiary alicyclic amines) is 1. The van der Waals surface area contributed by atoms with Crippen LogP contribution in [-0.2, 0) is 0 Å². The van der Waals surface area contributed by atoms with E-state index in [-0.39, 0.29) is 11.1 Å². The van der Waals surface area contributed by atoms with Gasteiger partial charge >= 0.3 is 6.03 Å². The lowest BCUT2D eigenvalue weighted by molar-refractivity contribution is 0.184. The summed E-state index contributed by atoms with van der Waals surface area (Å²) in [6.45, 7) is 2.32. The van der Waals surface area contributed by atoms with Gasteiger partial charge in [-0.25, -0.2) is 9.18 Å². The zero-order valence-corrected chi connectivity index (χ0v) is 12.0. The SMILES string of the molecule is O=C(NCCOc1ccc(F)cc1Cl)N1CCCCC1. The molecular formula is C14H18ClFN2O2. The van der Waals surface area contributed by atoms with Crippen LogP contribution in [0.1, 0.15) is 19.3 Å². The summed E-state index contributed by atoms with van der Waals surface area (Å²) in [7, 11) is 0. The number of urea groups is 1. The maximum atomic E-state index is 12.8. The highest BCUT2D eigenvalue weighted by Gasteiger charge is 2.15. The van der Waals surface area contributed by atoms with Crippen LogP contribution in [0.25, 0.3) is 0 Å². The summed E-state index contributed by atoms with van der Waals surface area (Å²) in [5.41, 5.74) is 0. The van der Waals surface area contributed by atoms with Gasteiger partial charge in [-0.1, -0.05) is 11.6 Å². The van der Waals surface area contributed by atoms with E-state index in [2.05, 4.69) is 5.32 Å². The molecule has 0 bridgehead atoms. The van der Waals surface area contributed by atoms with Gasteiger partial charge in [0.05, 0.1) is 11.6 Å². The van der Waals surface area contributed by atoms with Crippen LogP contribution in [0.4, 0.5) is 9.18 Å². The van der Waals surface area contributed by atoms with Crippen LogP contribution in [0.5, 0.6) is 5.75 Å². The van der Waals surface area contributed by atoms with Gasteiger partial charge in [0.1, 0.15) is 18.2 Å². The highest BCUT2D eigenvalue weighted by molar-refractivity contribution is 6.32. The molecule has 0 spiro atoms. The molecule has 6 heteroatoms. The van der Waals surface area contributed by atoms with Crippen LogP contribution >= 0.6 is 11.6 Å². The Hall–Kier alpha value is -1.49. The molecule has 2 rings (SSSR count). The Bertz CT molecular complexity index is 464. The van der Waals surface area contributed by atoms with Crippen molar-refractivity contribution in [3.05, 3.63) is 29.0 Å². The number of carbonyl (C=O) groups is 1. The van der Waals surface area contributed by atoms with E-state index >= 15 is 0 Å². The van der Waals surface area contributed by atoms with E-state index in [1.807, 2.05) is 4.90 Å². The summed E-state index contributed by atoms with van der Waals surface area (Å²) >= 11 is 5.83. The first-order valence-corrected chi connectivity index (χ1v) is 7.15. The van der Waals surface area contributed by atoms with Gasteiger partial charge in [-0.15, -0.1) is 0 Å². The fourth-order valence-electron chi connectivity index (χ4n) is 2.12. The van der Waals surface area contributed by atoms with Gasteiger partial charge in [0.25, 0.3) is 0 Å². The molecule has 4 nitrogen and oxygen atoms in total. The fourth-order valence-corrected chi connectivity index (χ4v) is 2.34. The highest BCUT2D eigenvalue weighted by atomic mass is 35.5. The summed E-state index contributed by atoms with van der Waals surface area (Å²) in [5.74, 6) is 0.0149. The number of halogens is 2. The Morgan fingerprint density at radius 2 is 2.10 bits per heavy atom. The predicted molar refractivity (Wildman–Crippen MR) is 75.7 cm³/mol. The minimum Gasteiger partial charge on any atom is -0.490 e. The van der Waals surface area contributed by atoms with Gasteiger partial charge in [-0.05, 0) is 37.5 Å². The van der Waals surface area contributed by atoms with Crippen molar-refractivity contribution in [1.29, 1.82) is 0 Å². The number of hydrogen-bond donors (Lipinski definition) is 1. The number of amides is 2. The van der Waals surface area contributed by atoms with E-state index in [0.717, 1.165) is 25.9 Å². The Morgan fingerprint density at radius 3 is 2.80 bits per heavy atom. The number of carbonyl (C=O) groups excluding carboxylic acids is 1. The van der Waals surface area contributed by atoms with E-state index in [0.29, 0.717) is 18.9 Å². The molecule has 1 aliphatic heterocycles. The molecule has 0 radical (unpaired) electrons. The van der Waals surface area contributed by atoms with Crippen molar-refractivity contribution in [3.8, 4) is 5.75 Å². The monoisotopic (exact) mass is 300 g/mol. The molecule has 2 amide bonds. The lowest BCUT2D eigenvalue weighted by atomic mass is 10.1. The van der Waals surface area contributed by atoms with E-state index in [9.17, 15) is 9.18 Å². The number of ether oxygens (including phenoxy) is 1. The first-order valence-electron chi connectivity index (χ1n) is 6.77. The van der Waals surface area contributed by atoms with Gasteiger partial charge in [-0.3, -0.25) is 0 Å². The second kappa shape index (κ2) is 7.33. The van der Waals surface area contributed by atoms with Crippen molar-refractivity contribution in [2.45, 2.75) is 19.3 Å². The summed E-state index contributed by atoms with van der Waals surface area (Å²) in [6.07, 6.45) is 3.32. The molecule has 0 atom stereocenters. The van der Waals surface area contributed by atoms with E-state index in [1.54, 1.807) is 0 Å². The number of piperidine rings is 1. The Balaban J connectivity index is 1.69. The van der Waals surface area contributed by atoms with Crippen LogP contribution in [0.3, 0.4) is 0 Å². The Morgan fingerprint density at radius 1 is 1.35 bits per heavy atom. The van der Waals surface area contributed by atoms with Crippen molar-refractivity contribution in [2.75, 3.05) is 26.2 Å². The third-order valence-corrected chi connectivity index (χ3v) is 3.47. The van der Waals surface area contributed by atoms with Crippen LogP contribution in [-0.4, -0.2) is 37.2 Å². The summed E-state index contributed by atoms with van der Waals surface area (Å²) in [6, 6.07) is 3.90. The van der Waals surface area contributed by atoms with Gasteiger partial charge in [0.15, 0.2) is 0 Å². The van der Waals surface area contributed by atoms with Gasteiger partial charge < -0.3 is 15.0 Å². The normalized spacial score (nSPS) is 15.0. The van der Waals surface area contributed by atoms with Crippen molar-refractivity contribution >= 4 is 17.6 Å². The molecule has 1 saturated heterocycles. The molecule has 1 aromatic rings. The minimum atomic E-state index is -0.402. The quantitative estimate of drug-likeness (QED) is 0.868. The molecule has 20 heavy (non-hydrogen) atoms. The molecule has 1 fully saturated rings. The summed E-state index contributed by atoms with van der Waals surface area (Å²) in [5, 5.41) is 3.03. The number of rotatable bonds is 4. The first-order chi connectivity index (χ1) is 9.66. The average molecular weight is 301 g/mol. The van der Waals surface area contributed by atoms with Crippen molar-refractivity contribution in [3.63, 3.8) is 0 Å². The van der Waals surface area contributed by atoms with Crippen LogP contribution in [0, 0.1) is 5.82 Å². The van der Waals surface area contributed by atoms with E-state index in [4.69, 9.17) is 16.3 Å². The lowest BCUT2D eigenvalue weighted by Crippen LogP contribution is -2.43. The molecule has 0 aliphatic carbocycles. The zero-order chi connectivity index (χ0) is 14.4. The number of nitrogens with zero attached hydrogens (tertiary/aromatic N) is 1. The molecule has 0 unspecified atom stereocenters. The molecule has 0 saturated carbocycles. The van der Waals surface area contributed by atoms with Gasteiger partial charge in [0, 0.05) is 13.1 Å². The second-order valence-corrected chi connectivity index (χ2v) is 5.11. The van der Waals surface area contributed by atoms with Crippen LogP contribution in [0.15, 0.2) is 18.2 Å². The maximum absolute atomic E-state index is 12.8. The molecule has 1 aromatic carbocycles. The standard InChI is InChI=1S/C14H18ClFN2O2/c15-12-10-11(16)4-5-13(12)20-9-6-17-14(19)18-7-2-1-3-8-18/h4-5,10H,1-3,6-9H2,(H,17,19). The highest BCUT2D eigenvalue weighted by Crippen LogP contribution is 2.24. The molecule has 110 valence electrons. The summed E-state index contributed by atoms with van der Waals surface area (Å²) in [4.78, 5) is 13.6. The maximum Gasteiger partial charge on any atom is 0.317 e. The molecular weight excluding hydrogens is 283 g/mol. The molecule has 1 heterocycles. The fraction of sp³-hybridized carbons (Fsp3) is 0.500. The topological polar surface area (TPSA) is 41.6 Å². The third-order valence-electron chi connectivity index (χ3n) is 3.17. The van der Waals surface area contributed by atoms with E-state index < -0.39 is 5.82 Å². The smallest absolute Gasteiger partial charge is 0.317 e. The molecule has 0 aromatic heterocycles. The van der Waals surface area contributed by atoms with Crippen molar-refractivity contribution < 1.29 is 13.9 Å². The molecule has 1 N–H and O–H groups in total. The van der Waals surface area contributed by atoms with Crippen molar-refractivity contribution in [1.82, 2.24) is 10.2 Å². The average Bonchev–Trinajstić information content (AvgIpc) is 2.46. The van der Waals surface area contributed by atoms with E-state index in [1.165, 1.54) is 24.6 Å². The minimum absolute atomic E-state index is 0.0569. The van der Waals surface area contributed by atoms with Crippen LogP contribution < -0.4 is 10.1 Å². The predicted octanol–water partition coefficient (Wildman–Crippen LogP) is 3.05. The van der Waals surface area contributed by atoms with Crippen molar-refractivity contribution in [2.24, 2.45) is 0 Å². The van der Waals surface area contributed by atoms with Crippen LogP contribution in [0.2, 0.25) is 5.02 Å². The first kappa shape index (κ1) is 14.9. The third kappa shape index (κ3) is 4.27. The molecule has 1 aliphatic rings. The number of benzene rings is 1. The van der Waals surface area contributed by atoms with Gasteiger partial charge in [-0.2, -0.15) is 0 Å². The lowest BCUT2D eigenvalue weighted by Gasteiger charge is -2.26. The second-order valence-electron chi connectivity index (χ2n) is 4.70. The Labute approximate surface area is 122 Å². The van der Waals surface area contributed by atoms with Gasteiger partial charge in [0.2, 0.25) is 0 Å². The largest absolute Gasteiger partial charge is 0.490 e. The number of nitrogens with one attached hydrogen (secondary N) is 1. The zero-order valence-electron chi connectivity index (χ0n) is 11.2. The Kier molecular flexibility index (Phi) is 5.47. The summed E-state index contributed by atoms with van der Waals surface area (Å²) < 4.78 is 18.2.